The van der Waals surface area contributed by atoms with Gasteiger partial charge in [-0.1, -0.05) is 12.1 Å². The summed E-state index contributed by atoms with van der Waals surface area (Å²) in [7, 11) is 0. The van der Waals surface area contributed by atoms with Crippen molar-refractivity contribution in [1.29, 1.82) is 0 Å². The molecule has 26 heavy (non-hydrogen) atoms. The molecule has 0 spiro atoms. The summed E-state index contributed by atoms with van der Waals surface area (Å²) < 4.78 is 43.2. The maximum atomic E-state index is 12.8. The number of hydrogen-bond donors (Lipinski definition) is 1. The van der Waals surface area contributed by atoms with E-state index in [0.717, 1.165) is 12.1 Å². The SMILES string of the molecule is O=C(O)CN(C(=O)[C@H]1C[C@@H]1c1ccc(C(F)(F)F)cc1)C1CCOCC1. The van der Waals surface area contributed by atoms with Crippen LogP contribution in [0.15, 0.2) is 24.3 Å². The molecular weight excluding hydrogens is 351 g/mol. The zero-order valence-corrected chi connectivity index (χ0v) is 14.0. The van der Waals surface area contributed by atoms with E-state index in [0.29, 0.717) is 38.0 Å². The number of halogens is 3. The first-order chi connectivity index (χ1) is 12.3. The largest absolute Gasteiger partial charge is 0.480 e. The van der Waals surface area contributed by atoms with Crippen molar-refractivity contribution in [2.24, 2.45) is 5.92 Å². The Hall–Kier alpha value is -2.09. The summed E-state index contributed by atoms with van der Waals surface area (Å²) in [6.07, 6.45) is -2.67. The number of carboxylic acids is 1. The average Bonchev–Trinajstić information content (AvgIpc) is 3.40. The van der Waals surface area contributed by atoms with Gasteiger partial charge in [0.15, 0.2) is 0 Å². The monoisotopic (exact) mass is 371 g/mol. The molecule has 0 bridgehead atoms. The zero-order valence-electron chi connectivity index (χ0n) is 14.0. The summed E-state index contributed by atoms with van der Waals surface area (Å²) >= 11 is 0. The molecule has 142 valence electrons. The van der Waals surface area contributed by atoms with Crippen LogP contribution in [-0.4, -0.2) is 47.7 Å². The van der Waals surface area contributed by atoms with E-state index in [-0.39, 0.29) is 30.3 Å². The molecule has 3 rings (SSSR count). The number of benzene rings is 1. The molecule has 1 aliphatic carbocycles. The van der Waals surface area contributed by atoms with Gasteiger partial charge in [-0.3, -0.25) is 9.59 Å². The third-order valence-corrected chi connectivity index (χ3v) is 4.99. The van der Waals surface area contributed by atoms with E-state index < -0.39 is 17.7 Å². The third-order valence-electron chi connectivity index (χ3n) is 4.99. The fraction of sp³-hybridized carbons (Fsp3) is 0.556. The van der Waals surface area contributed by atoms with Gasteiger partial charge in [-0.05, 0) is 42.9 Å². The molecule has 1 heterocycles. The van der Waals surface area contributed by atoms with Crippen molar-refractivity contribution in [3.63, 3.8) is 0 Å². The Labute approximate surface area is 148 Å². The van der Waals surface area contributed by atoms with Crippen LogP contribution in [0.4, 0.5) is 13.2 Å². The van der Waals surface area contributed by atoms with Crippen molar-refractivity contribution in [3.8, 4) is 0 Å². The molecule has 1 aliphatic heterocycles. The minimum atomic E-state index is -4.39. The van der Waals surface area contributed by atoms with E-state index in [2.05, 4.69) is 0 Å². The van der Waals surface area contributed by atoms with Crippen molar-refractivity contribution in [2.75, 3.05) is 19.8 Å². The van der Waals surface area contributed by atoms with Crippen molar-refractivity contribution in [1.82, 2.24) is 4.90 Å². The van der Waals surface area contributed by atoms with Gasteiger partial charge in [0.2, 0.25) is 5.91 Å². The van der Waals surface area contributed by atoms with Crippen molar-refractivity contribution >= 4 is 11.9 Å². The minimum Gasteiger partial charge on any atom is -0.480 e. The van der Waals surface area contributed by atoms with Crippen LogP contribution in [0.25, 0.3) is 0 Å². The van der Waals surface area contributed by atoms with Gasteiger partial charge in [-0.15, -0.1) is 0 Å². The molecule has 0 aromatic heterocycles. The van der Waals surface area contributed by atoms with Gasteiger partial charge in [0, 0.05) is 25.2 Å². The summed E-state index contributed by atoms with van der Waals surface area (Å²) in [5.74, 6) is -1.82. The highest BCUT2D eigenvalue weighted by Crippen LogP contribution is 2.49. The number of carboxylic acid groups (broad SMARTS) is 1. The second-order valence-corrected chi connectivity index (χ2v) is 6.77. The molecule has 1 saturated heterocycles. The van der Waals surface area contributed by atoms with Crippen molar-refractivity contribution in [2.45, 2.75) is 37.4 Å². The summed E-state index contributed by atoms with van der Waals surface area (Å²) in [5.41, 5.74) is -0.0434. The lowest BCUT2D eigenvalue weighted by Crippen LogP contribution is -2.46. The summed E-state index contributed by atoms with van der Waals surface area (Å²) in [5, 5.41) is 9.12. The van der Waals surface area contributed by atoms with Gasteiger partial charge in [-0.2, -0.15) is 13.2 Å². The quantitative estimate of drug-likeness (QED) is 0.864. The van der Waals surface area contributed by atoms with E-state index in [1.165, 1.54) is 17.0 Å². The Balaban J connectivity index is 1.68. The lowest BCUT2D eigenvalue weighted by Gasteiger charge is -2.33. The molecule has 0 radical (unpaired) electrons. The molecule has 2 atom stereocenters. The Kier molecular flexibility index (Phi) is 5.22. The van der Waals surface area contributed by atoms with E-state index in [4.69, 9.17) is 9.84 Å². The molecule has 2 fully saturated rings. The molecule has 8 heteroatoms. The van der Waals surface area contributed by atoms with Crippen LogP contribution in [0.1, 0.15) is 36.3 Å². The molecule has 1 aromatic carbocycles. The highest BCUT2D eigenvalue weighted by Gasteiger charge is 2.47. The number of aliphatic carboxylic acids is 1. The maximum absolute atomic E-state index is 12.8. The molecule has 0 unspecified atom stereocenters. The first-order valence-electron chi connectivity index (χ1n) is 8.54. The van der Waals surface area contributed by atoms with E-state index in [9.17, 15) is 22.8 Å². The van der Waals surface area contributed by atoms with E-state index >= 15 is 0 Å². The number of amides is 1. The van der Waals surface area contributed by atoms with Crippen LogP contribution in [-0.2, 0) is 20.5 Å². The second-order valence-electron chi connectivity index (χ2n) is 6.77. The standard InChI is InChI=1S/C18H20F3NO4/c19-18(20,21)12-3-1-11(2-4-12)14-9-15(14)17(25)22(10-16(23)24)13-5-7-26-8-6-13/h1-4,13-15H,5-10H2,(H,23,24)/t14-,15+/m1/s1. The average molecular weight is 371 g/mol. The van der Waals surface area contributed by atoms with Gasteiger partial charge in [-0.25, -0.2) is 0 Å². The van der Waals surface area contributed by atoms with Crippen LogP contribution in [0.5, 0.6) is 0 Å². The number of ether oxygens (including phenoxy) is 1. The molecular formula is C18H20F3NO4. The first-order valence-corrected chi connectivity index (χ1v) is 8.54. The smallest absolute Gasteiger partial charge is 0.416 e. The van der Waals surface area contributed by atoms with Gasteiger partial charge in [0.1, 0.15) is 6.54 Å². The number of alkyl halides is 3. The van der Waals surface area contributed by atoms with Crippen LogP contribution in [0.3, 0.4) is 0 Å². The number of nitrogens with zero attached hydrogens (tertiary/aromatic N) is 1. The topological polar surface area (TPSA) is 66.8 Å². The Morgan fingerprint density at radius 2 is 1.77 bits per heavy atom. The van der Waals surface area contributed by atoms with E-state index in [1.54, 1.807) is 0 Å². The molecule has 1 N–H and O–H groups in total. The number of carbonyl (C=O) groups excluding carboxylic acids is 1. The highest BCUT2D eigenvalue weighted by molar-refractivity contribution is 5.86. The highest BCUT2D eigenvalue weighted by atomic mass is 19.4. The van der Waals surface area contributed by atoms with Gasteiger partial charge < -0.3 is 14.7 Å². The minimum absolute atomic E-state index is 0.152. The number of rotatable bonds is 5. The molecule has 2 aliphatic rings. The predicted octanol–water partition coefficient (Wildman–Crippen LogP) is 2.90. The molecule has 1 saturated carbocycles. The van der Waals surface area contributed by atoms with Gasteiger partial charge >= 0.3 is 12.1 Å². The normalized spacial score (nSPS) is 23.5. The second kappa shape index (κ2) is 7.26. The van der Waals surface area contributed by atoms with Crippen LogP contribution in [0, 0.1) is 5.92 Å². The molecule has 1 aromatic rings. The lowest BCUT2D eigenvalue weighted by atomic mass is 10.0. The Bertz CT molecular complexity index is 668. The van der Waals surface area contributed by atoms with Gasteiger partial charge in [0.05, 0.1) is 5.56 Å². The fourth-order valence-electron chi connectivity index (χ4n) is 3.50. The number of carbonyl (C=O) groups is 2. The van der Waals surface area contributed by atoms with Crippen molar-refractivity contribution in [3.05, 3.63) is 35.4 Å². The van der Waals surface area contributed by atoms with Crippen molar-refractivity contribution < 1.29 is 32.6 Å². The van der Waals surface area contributed by atoms with Crippen LogP contribution < -0.4 is 0 Å². The number of hydrogen-bond acceptors (Lipinski definition) is 3. The zero-order chi connectivity index (χ0) is 18.9. The molecule has 5 nitrogen and oxygen atoms in total. The summed E-state index contributed by atoms with van der Waals surface area (Å²) in [6, 6.07) is 4.67. The van der Waals surface area contributed by atoms with E-state index in [1.807, 2.05) is 0 Å². The Morgan fingerprint density at radius 1 is 1.15 bits per heavy atom. The molecule has 1 amide bonds. The third kappa shape index (κ3) is 4.17. The fourth-order valence-corrected chi connectivity index (χ4v) is 3.50. The summed E-state index contributed by atoms with van der Waals surface area (Å²) in [4.78, 5) is 25.3. The maximum Gasteiger partial charge on any atom is 0.416 e. The van der Waals surface area contributed by atoms with Crippen LogP contribution >= 0.6 is 0 Å². The summed E-state index contributed by atoms with van der Waals surface area (Å²) in [6.45, 7) is 0.613. The predicted molar refractivity (Wildman–Crippen MR) is 85.5 cm³/mol. The Morgan fingerprint density at radius 3 is 2.31 bits per heavy atom. The first kappa shape index (κ1) is 18.7. The van der Waals surface area contributed by atoms with Crippen LogP contribution in [0.2, 0.25) is 0 Å². The van der Waals surface area contributed by atoms with Gasteiger partial charge in [0.25, 0.3) is 0 Å². The lowest BCUT2D eigenvalue weighted by molar-refractivity contribution is -0.148.